The molecule has 178 valence electrons. The summed E-state index contributed by atoms with van der Waals surface area (Å²) in [6.07, 6.45) is 8.77. The highest BCUT2D eigenvalue weighted by Gasteiger charge is 2.28. The van der Waals surface area contributed by atoms with Crippen molar-refractivity contribution < 1.29 is 9.18 Å². The molecule has 0 bridgehead atoms. The van der Waals surface area contributed by atoms with Crippen molar-refractivity contribution in [3.8, 4) is 0 Å². The summed E-state index contributed by atoms with van der Waals surface area (Å²) in [5, 5.41) is 1.44. The van der Waals surface area contributed by atoms with Gasteiger partial charge in [-0.25, -0.2) is 9.38 Å². The number of likely N-dealkylation sites (tertiary alicyclic amines) is 1. The number of rotatable bonds is 4. The Balaban J connectivity index is 1.69. The van der Waals surface area contributed by atoms with E-state index in [1.807, 2.05) is 54.1 Å². The van der Waals surface area contributed by atoms with Gasteiger partial charge in [-0.05, 0) is 56.2 Å². The minimum atomic E-state index is -0.289. The van der Waals surface area contributed by atoms with Crippen LogP contribution in [0, 0.1) is 12.7 Å². The van der Waals surface area contributed by atoms with Crippen LogP contribution in [0.25, 0.3) is 16.3 Å². The van der Waals surface area contributed by atoms with E-state index in [0.29, 0.717) is 28.1 Å². The van der Waals surface area contributed by atoms with Gasteiger partial charge in [-0.2, -0.15) is 0 Å². The van der Waals surface area contributed by atoms with Crippen molar-refractivity contribution in [1.82, 2.24) is 9.80 Å². The Hall–Kier alpha value is -3.21. The first kappa shape index (κ1) is 23.9. The van der Waals surface area contributed by atoms with Crippen LogP contribution < -0.4 is 0 Å². The Morgan fingerprint density at radius 1 is 1.24 bits per heavy atom. The largest absolute Gasteiger partial charge is 0.335 e. The molecule has 1 saturated heterocycles. The number of benzene rings is 2. The molecule has 0 N–H and O–H groups in total. The minimum absolute atomic E-state index is 0.0304. The van der Waals surface area contributed by atoms with Gasteiger partial charge in [-0.3, -0.25) is 4.79 Å². The van der Waals surface area contributed by atoms with Gasteiger partial charge in [0.2, 0.25) is 0 Å². The number of allylic oxidation sites excluding steroid dienone is 3. The number of carbonyl (C=O) groups is 1. The molecule has 2 aromatic carbocycles. The van der Waals surface area contributed by atoms with E-state index >= 15 is 4.39 Å². The summed E-state index contributed by atoms with van der Waals surface area (Å²) in [5.74, 6) is 0.276. The molecule has 34 heavy (non-hydrogen) atoms. The van der Waals surface area contributed by atoms with E-state index in [1.165, 1.54) is 0 Å². The zero-order chi connectivity index (χ0) is 24.4. The lowest BCUT2D eigenvalue weighted by Gasteiger charge is -2.31. The molecule has 4 rings (SSSR count). The standard InChI is InChI=1S/C29H34FN3O/c1-6-23-18-26(29(34)33-15-9-7-8-10-21(33)4)31-27(32(23)5)17-20(3)24-14-12-22-16-19(2)11-13-25(22)28(24)30/h11-14,16-18,21H,3,6-10,15H2,1-2,4-5H3/b27-17-. The van der Waals surface area contributed by atoms with Crippen LogP contribution in [-0.2, 0) is 4.79 Å². The van der Waals surface area contributed by atoms with Crippen molar-refractivity contribution in [2.45, 2.75) is 58.9 Å². The molecule has 2 heterocycles. The molecule has 0 aliphatic carbocycles. The van der Waals surface area contributed by atoms with Crippen LogP contribution in [-0.4, -0.2) is 41.1 Å². The van der Waals surface area contributed by atoms with E-state index < -0.39 is 0 Å². The Bertz CT molecular complexity index is 1220. The first-order valence-electron chi connectivity index (χ1n) is 12.2. The van der Waals surface area contributed by atoms with E-state index in [4.69, 9.17) is 4.99 Å². The fourth-order valence-electron chi connectivity index (χ4n) is 4.83. The van der Waals surface area contributed by atoms with Crippen molar-refractivity contribution in [3.63, 3.8) is 0 Å². The maximum atomic E-state index is 15.4. The summed E-state index contributed by atoms with van der Waals surface area (Å²) in [4.78, 5) is 22.1. The van der Waals surface area contributed by atoms with Gasteiger partial charge in [0.1, 0.15) is 17.3 Å². The van der Waals surface area contributed by atoms with Gasteiger partial charge in [-0.15, -0.1) is 0 Å². The molecule has 5 heteroatoms. The minimum Gasteiger partial charge on any atom is -0.335 e. The van der Waals surface area contributed by atoms with E-state index in [9.17, 15) is 4.79 Å². The van der Waals surface area contributed by atoms with Crippen LogP contribution in [0.3, 0.4) is 0 Å². The lowest BCUT2D eigenvalue weighted by atomic mass is 9.99. The maximum Gasteiger partial charge on any atom is 0.272 e. The number of nitrogens with zero attached hydrogens (tertiary/aromatic N) is 3. The van der Waals surface area contributed by atoms with Crippen molar-refractivity contribution in [1.29, 1.82) is 0 Å². The number of aliphatic imine (C=N–C) groups is 1. The summed E-state index contributed by atoms with van der Waals surface area (Å²) in [5.41, 5.74) is 3.49. The fraction of sp³-hybridized carbons (Fsp3) is 0.379. The predicted octanol–water partition coefficient (Wildman–Crippen LogP) is 6.61. The monoisotopic (exact) mass is 459 g/mol. The average Bonchev–Trinajstić information content (AvgIpc) is 3.04. The first-order valence-corrected chi connectivity index (χ1v) is 12.2. The van der Waals surface area contributed by atoms with E-state index in [1.54, 1.807) is 12.1 Å². The second kappa shape index (κ2) is 9.96. The lowest BCUT2D eigenvalue weighted by Crippen LogP contribution is -2.43. The Morgan fingerprint density at radius 2 is 2.03 bits per heavy atom. The van der Waals surface area contributed by atoms with Crippen molar-refractivity contribution >= 4 is 28.0 Å². The lowest BCUT2D eigenvalue weighted by molar-refractivity contribution is -0.125. The van der Waals surface area contributed by atoms with E-state index in [-0.39, 0.29) is 17.8 Å². The number of halogens is 1. The Kier molecular flexibility index (Phi) is 7.01. The van der Waals surface area contributed by atoms with Crippen molar-refractivity contribution in [2.75, 3.05) is 13.6 Å². The molecule has 1 unspecified atom stereocenters. The molecule has 2 aliphatic heterocycles. The Labute approximate surface area is 202 Å². The number of amides is 1. The highest BCUT2D eigenvalue weighted by Crippen LogP contribution is 2.30. The van der Waals surface area contributed by atoms with Gasteiger partial charge in [0.05, 0.1) is 0 Å². The van der Waals surface area contributed by atoms with Gasteiger partial charge < -0.3 is 9.80 Å². The van der Waals surface area contributed by atoms with Crippen LogP contribution in [0.15, 0.2) is 65.6 Å². The van der Waals surface area contributed by atoms with Crippen molar-refractivity contribution in [2.24, 2.45) is 4.99 Å². The SMILES string of the molecule is C=C(/C=C1/N=C(C(=O)N2CCCCCC2C)C=C(CC)N1C)c1ccc2cc(C)ccc2c1F. The molecule has 4 nitrogen and oxygen atoms in total. The van der Waals surface area contributed by atoms with E-state index in [0.717, 1.165) is 55.3 Å². The number of aryl methyl sites for hydroxylation is 1. The topological polar surface area (TPSA) is 35.9 Å². The summed E-state index contributed by atoms with van der Waals surface area (Å²) in [6.45, 7) is 11.1. The van der Waals surface area contributed by atoms with Crippen LogP contribution in [0.4, 0.5) is 4.39 Å². The molecule has 1 atom stereocenters. The third-order valence-corrected chi connectivity index (χ3v) is 6.97. The molecule has 0 saturated carbocycles. The molecular formula is C29H34FN3O. The first-order chi connectivity index (χ1) is 16.3. The normalized spacial score (nSPS) is 20.3. The predicted molar refractivity (Wildman–Crippen MR) is 139 cm³/mol. The summed E-state index contributed by atoms with van der Waals surface area (Å²) < 4.78 is 15.4. The fourth-order valence-corrected chi connectivity index (χ4v) is 4.83. The highest BCUT2D eigenvalue weighted by molar-refractivity contribution is 6.43. The van der Waals surface area contributed by atoms with Gasteiger partial charge in [0, 0.05) is 36.3 Å². The van der Waals surface area contributed by atoms with E-state index in [2.05, 4.69) is 20.4 Å². The highest BCUT2D eigenvalue weighted by atomic mass is 19.1. The number of hydrogen-bond acceptors (Lipinski definition) is 3. The van der Waals surface area contributed by atoms with Crippen LogP contribution in [0.1, 0.15) is 57.1 Å². The van der Waals surface area contributed by atoms with Gasteiger partial charge in [-0.1, -0.05) is 62.2 Å². The number of carbonyl (C=O) groups excluding carboxylic acids is 1. The third-order valence-electron chi connectivity index (χ3n) is 6.97. The quantitative estimate of drug-likeness (QED) is 0.515. The molecule has 2 aliphatic rings. The second-order valence-electron chi connectivity index (χ2n) is 9.42. The van der Waals surface area contributed by atoms with Gasteiger partial charge >= 0.3 is 0 Å². The maximum absolute atomic E-state index is 15.4. The molecule has 0 spiro atoms. The zero-order valence-corrected chi connectivity index (χ0v) is 20.7. The summed E-state index contributed by atoms with van der Waals surface area (Å²) >= 11 is 0. The van der Waals surface area contributed by atoms with Crippen LogP contribution >= 0.6 is 0 Å². The van der Waals surface area contributed by atoms with Crippen LogP contribution in [0.2, 0.25) is 0 Å². The molecule has 1 fully saturated rings. The number of fused-ring (bicyclic) bond motifs is 1. The molecule has 0 radical (unpaired) electrons. The van der Waals surface area contributed by atoms with Crippen LogP contribution in [0.5, 0.6) is 0 Å². The van der Waals surface area contributed by atoms with Gasteiger partial charge in [0.25, 0.3) is 5.91 Å². The zero-order valence-electron chi connectivity index (χ0n) is 20.7. The molecular weight excluding hydrogens is 425 g/mol. The Morgan fingerprint density at radius 3 is 2.79 bits per heavy atom. The summed E-state index contributed by atoms with van der Waals surface area (Å²) in [7, 11) is 1.92. The molecule has 0 aromatic heterocycles. The molecule has 2 aromatic rings. The number of hydrogen-bond donors (Lipinski definition) is 0. The molecule has 1 amide bonds. The average molecular weight is 460 g/mol. The van der Waals surface area contributed by atoms with Gasteiger partial charge in [0.15, 0.2) is 0 Å². The second-order valence-corrected chi connectivity index (χ2v) is 9.42. The smallest absolute Gasteiger partial charge is 0.272 e. The van der Waals surface area contributed by atoms with Crippen molar-refractivity contribution in [3.05, 3.63) is 77.5 Å². The third kappa shape index (κ3) is 4.70. The summed E-state index contributed by atoms with van der Waals surface area (Å²) in [6, 6.07) is 9.59.